The van der Waals surface area contributed by atoms with Gasteiger partial charge in [0, 0.05) is 11.2 Å². The minimum Gasteiger partial charge on any atom is -0.481 e. The number of fused-ring (bicyclic) bond motifs is 2. The van der Waals surface area contributed by atoms with Gasteiger partial charge < -0.3 is 9.90 Å². The average Bonchev–Trinajstić information content (AvgIpc) is 3.25. The molecule has 4 rings (SSSR count). The van der Waals surface area contributed by atoms with E-state index >= 15 is 0 Å². The van der Waals surface area contributed by atoms with Crippen molar-refractivity contribution in [3.8, 4) is 0 Å². The monoisotopic (exact) mass is 418 g/mol. The average molecular weight is 419 g/mol. The van der Waals surface area contributed by atoms with Crippen LogP contribution in [-0.4, -0.2) is 28.9 Å². The molecule has 162 valence electrons. The summed E-state index contributed by atoms with van der Waals surface area (Å²) in [6.45, 7) is 8.81. The number of thioether (sulfide) groups is 1. The Morgan fingerprint density at radius 1 is 1.31 bits per heavy atom. The van der Waals surface area contributed by atoms with Crippen molar-refractivity contribution in [2.45, 2.75) is 72.6 Å². The van der Waals surface area contributed by atoms with Gasteiger partial charge in [-0.2, -0.15) is 11.8 Å². The first-order chi connectivity index (χ1) is 13.8. The van der Waals surface area contributed by atoms with Gasteiger partial charge in [-0.25, -0.2) is 0 Å². The van der Waals surface area contributed by atoms with Crippen molar-refractivity contribution >= 4 is 24.0 Å². The lowest BCUT2D eigenvalue weighted by atomic mass is 9.43. The van der Waals surface area contributed by atoms with Gasteiger partial charge in [0.2, 0.25) is 0 Å². The second-order valence-electron chi connectivity index (χ2n) is 10.7. The maximum Gasteiger partial charge on any atom is 0.315 e. The molecular weight excluding hydrogens is 380 g/mol. The Bertz CT molecular complexity index is 715. The molecule has 7 atom stereocenters. The molecule has 29 heavy (non-hydrogen) atoms. The fourth-order valence-corrected chi connectivity index (χ4v) is 9.81. The van der Waals surface area contributed by atoms with Gasteiger partial charge in [-0.05, 0) is 61.0 Å². The fraction of sp³-hybridized carbons (Fsp3) is 0.840. The van der Waals surface area contributed by atoms with E-state index in [1.165, 1.54) is 19.3 Å². The van der Waals surface area contributed by atoms with Crippen LogP contribution < -0.4 is 0 Å². The third-order valence-electron chi connectivity index (χ3n) is 9.37. The molecule has 0 radical (unpaired) electrons. The number of hydrogen-bond acceptors (Lipinski definition) is 3. The molecule has 3 nitrogen and oxygen atoms in total. The summed E-state index contributed by atoms with van der Waals surface area (Å²) in [6.07, 6.45) is 11.0. The number of carboxylic acids is 1. The summed E-state index contributed by atoms with van der Waals surface area (Å²) in [7, 11) is 0. The van der Waals surface area contributed by atoms with Crippen molar-refractivity contribution in [3.63, 3.8) is 0 Å². The van der Waals surface area contributed by atoms with Crippen LogP contribution in [0.25, 0.3) is 0 Å². The van der Waals surface area contributed by atoms with Crippen LogP contribution in [0, 0.1) is 45.8 Å². The summed E-state index contributed by atoms with van der Waals surface area (Å²) in [6, 6.07) is 0. The molecule has 0 aromatic heterocycles. The Kier molecular flexibility index (Phi) is 5.50. The van der Waals surface area contributed by atoms with Gasteiger partial charge in [-0.3, -0.25) is 4.79 Å². The number of carbonyl (C=O) groups is 2. The molecule has 0 amide bonds. The SMILES string of the molecule is CCCCCSC[C@]12C[C@H]3[C@@H](C)CC[C@@H]3[C@]3(C=O)C[C@H]1C=C(C(C)C)[C@]23C(=O)O. The number of aldehydes is 1. The van der Waals surface area contributed by atoms with Crippen molar-refractivity contribution in [3.05, 3.63) is 11.6 Å². The molecule has 4 bridgehead atoms. The molecule has 0 unspecified atom stereocenters. The molecule has 3 fully saturated rings. The van der Waals surface area contributed by atoms with Gasteiger partial charge in [0.15, 0.2) is 0 Å². The largest absolute Gasteiger partial charge is 0.481 e. The van der Waals surface area contributed by atoms with Crippen LogP contribution in [0.5, 0.6) is 0 Å². The number of carbonyl (C=O) groups excluding carboxylic acids is 1. The number of hydrogen-bond donors (Lipinski definition) is 1. The molecule has 0 aliphatic heterocycles. The highest BCUT2D eigenvalue weighted by Crippen LogP contribution is 2.83. The Balaban J connectivity index is 1.82. The van der Waals surface area contributed by atoms with E-state index in [4.69, 9.17) is 0 Å². The van der Waals surface area contributed by atoms with E-state index < -0.39 is 16.8 Å². The van der Waals surface area contributed by atoms with E-state index in [-0.39, 0.29) is 23.2 Å². The molecule has 0 saturated heterocycles. The van der Waals surface area contributed by atoms with Crippen LogP contribution in [0.1, 0.15) is 72.6 Å². The van der Waals surface area contributed by atoms with Crippen LogP contribution in [0.15, 0.2) is 11.6 Å². The highest BCUT2D eigenvalue weighted by Gasteiger charge is 2.83. The third-order valence-corrected chi connectivity index (χ3v) is 10.7. The minimum atomic E-state index is -0.983. The lowest BCUT2D eigenvalue weighted by Crippen LogP contribution is -2.63. The van der Waals surface area contributed by atoms with Crippen LogP contribution in [0.3, 0.4) is 0 Å². The first-order valence-electron chi connectivity index (χ1n) is 11.8. The van der Waals surface area contributed by atoms with Gasteiger partial charge >= 0.3 is 5.97 Å². The van der Waals surface area contributed by atoms with E-state index in [2.05, 4.69) is 33.8 Å². The molecule has 1 N–H and O–H groups in total. The Morgan fingerprint density at radius 3 is 2.69 bits per heavy atom. The second kappa shape index (κ2) is 7.43. The van der Waals surface area contributed by atoms with Crippen LogP contribution in [-0.2, 0) is 9.59 Å². The van der Waals surface area contributed by atoms with Crippen molar-refractivity contribution < 1.29 is 14.7 Å². The predicted molar refractivity (Wildman–Crippen MR) is 119 cm³/mol. The zero-order valence-corrected chi connectivity index (χ0v) is 19.4. The topological polar surface area (TPSA) is 54.4 Å². The predicted octanol–water partition coefficient (Wildman–Crippen LogP) is 5.83. The molecule has 3 saturated carbocycles. The molecule has 4 heteroatoms. The molecule has 0 aromatic carbocycles. The van der Waals surface area contributed by atoms with Gasteiger partial charge in [0.25, 0.3) is 0 Å². The summed E-state index contributed by atoms with van der Waals surface area (Å²) >= 11 is 1.96. The van der Waals surface area contributed by atoms with E-state index in [1.807, 2.05) is 11.8 Å². The van der Waals surface area contributed by atoms with Crippen molar-refractivity contribution in [1.29, 1.82) is 0 Å². The van der Waals surface area contributed by atoms with Crippen molar-refractivity contribution in [2.24, 2.45) is 45.8 Å². The molecule has 0 spiro atoms. The zero-order valence-electron chi connectivity index (χ0n) is 18.6. The number of rotatable bonds is 9. The maximum atomic E-state index is 13.3. The van der Waals surface area contributed by atoms with Crippen LogP contribution >= 0.6 is 11.8 Å². The first-order valence-corrected chi connectivity index (χ1v) is 13.0. The lowest BCUT2D eigenvalue weighted by Gasteiger charge is -2.58. The van der Waals surface area contributed by atoms with Gasteiger partial charge in [0.1, 0.15) is 11.7 Å². The highest BCUT2D eigenvalue weighted by molar-refractivity contribution is 7.99. The summed E-state index contributed by atoms with van der Waals surface area (Å²) in [5.41, 5.74) is -0.893. The highest BCUT2D eigenvalue weighted by atomic mass is 32.2. The molecule has 4 aliphatic carbocycles. The number of carboxylic acid groups (broad SMARTS) is 1. The molecule has 0 aromatic rings. The van der Waals surface area contributed by atoms with Crippen LogP contribution in [0.4, 0.5) is 0 Å². The fourth-order valence-electron chi connectivity index (χ4n) is 8.34. The summed E-state index contributed by atoms with van der Waals surface area (Å²) < 4.78 is 0. The minimum absolute atomic E-state index is 0.176. The smallest absolute Gasteiger partial charge is 0.315 e. The van der Waals surface area contributed by atoms with E-state index in [0.717, 1.165) is 49.0 Å². The summed E-state index contributed by atoms with van der Waals surface area (Å²) in [5.74, 6) is 3.07. The maximum absolute atomic E-state index is 13.3. The van der Waals surface area contributed by atoms with E-state index in [9.17, 15) is 14.7 Å². The van der Waals surface area contributed by atoms with Crippen molar-refractivity contribution in [2.75, 3.05) is 11.5 Å². The normalized spacial score (nSPS) is 44.8. The zero-order chi connectivity index (χ0) is 21.0. The van der Waals surface area contributed by atoms with Gasteiger partial charge in [-0.1, -0.05) is 58.6 Å². The molecule has 0 heterocycles. The number of aliphatic carboxylic acids is 1. The molecule has 4 aliphatic rings. The van der Waals surface area contributed by atoms with Crippen LogP contribution in [0.2, 0.25) is 0 Å². The molecular formula is C25H38O3S. The van der Waals surface area contributed by atoms with Crippen molar-refractivity contribution in [1.82, 2.24) is 0 Å². The Hall–Kier alpha value is -0.770. The summed E-state index contributed by atoms with van der Waals surface area (Å²) in [4.78, 5) is 26.2. The second-order valence-corrected chi connectivity index (χ2v) is 11.9. The number of allylic oxidation sites excluding steroid dienone is 1. The van der Waals surface area contributed by atoms with E-state index in [1.54, 1.807) is 0 Å². The Morgan fingerprint density at radius 2 is 2.07 bits per heavy atom. The summed E-state index contributed by atoms with van der Waals surface area (Å²) in [5, 5.41) is 10.9. The van der Waals surface area contributed by atoms with Gasteiger partial charge in [0.05, 0.1) is 5.41 Å². The van der Waals surface area contributed by atoms with Gasteiger partial charge in [-0.15, -0.1) is 0 Å². The quantitative estimate of drug-likeness (QED) is 0.290. The lowest BCUT2D eigenvalue weighted by molar-refractivity contribution is -0.177. The standard InChI is InChI=1S/C25H38O3S/c1-5-6-7-10-29-15-24-13-19-17(4)8-9-20(19)23(14-26)12-18(24)11-21(16(2)3)25(23,24)22(27)28/h11,14,16-20H,5-10,12-13,15H2,1-4H3,(H,27,28)/t17-,18+,19-,20-,23+,24+,25+/m0/s1. The Labute approximate surface area is 180 Å². The third kappa shape index (κ3) is 2.50. The van der Waals surface area contributed by atoms with E-state index in [0.29, 0.717) is 11.8 Å². The number of unbranched alkanes of at least 4 members (excludes halogenated alkanes) is 2. The first kappa shape index (κ1) is 21.5.